The van der Waals surface area contributed by atoms with Gasteiger partial charge < -0.3 is 5.32 Å². The molecule has 1 aliphatic heterocycles. The van der Waals surface area contributed by atoms with Crippen molar-refractivity contribution in [1.29, 1.82) is 0 Å². The zero-order valence-electron chi connectivity index (χ0n) is 14.6. The zero-order chi connectivity index (χ0) is 16.2. The van der Waals surface area contributed by atoms with E-state index in [1.54, 1.807) is 0 Å². The van der Waals surface area contributed by atoms with Crippen LogP contribution in [0, 0.1) is 0 Å². The monoisotopic (exact) mass is 314 g/mol. The van der Waals surface area contributed by atoms with Gasteiger partial charge in [0.1, 0.15) is 0 Å². The van der Waals surface area contributed by atoms with E-state index in [0.717, 1.165) is 24.8 Å². The van der Waals surface area contributed by atoms with E-state index in [-0.39, 0.29) is 5.91 Å². The number of hydrogen-bond acceptors (Lipinski definition) is 2. The molecule has 126 valence electrons. The Labute approximate surface area is 140 Å². The van der Waals surface area contributed by atoms with E-state index in [1.165, 1.54) is 49.9 Å². The smallest absolute Gasteiger partial charge is 0.252 e. The fourth-order valence-corrected chi connectivity index (χ4v) is 4.39. The first kappa shape index (κ1) is 16.5. The zero-order valence-corrected chi connectivity index (χ0v) is 14.6. The molecule has 2 fully saturated rings. The Balaban J connectivity index is 1.76. The molecule has 3 heteroatoms. The third kappa shape index (κ3) is 3.45. The molecule has 23 heavy (non-hydrogen) atoms. The Morgan fingerprint density at radius 2 is 1.74 bits per heavy atom. The summed E-state index contributed by atoms with van der Waals surface area (Å²) in [4.78, 5) is 15.6. The summed E-state index contributed by atoms with van der Waals surface area (Å²) in [6.07, 6.45) is 8.06. The third-order valence-corrected chi connectivity index (χ3v) is 5.63. The Morgan fingerprint density at radius 3 is 2.35 bits per heavy atom. The van der Waals surface area contributed by atoms with E-state index >= 15 is 0 Å². The largest absolute Gasteiger partial charge is 0.348 e. The lowest BCUT2D eigenvalue weighted by molar-refractivity contribution is 0.0910. The molecule has 1 aromatic rings. The quantitative estimate of drug-likeness (QED) is 0.901. The number of benzene rings is 1. The van der Waals surface area contributed by atoms with Gasteiger partial charge in [0, 0.05) is 17.6 Å². The predicted molar refractivity (Wildman–Crippen MR) is 94.9 cm³/mol. The molecule has 1 N–H and O–H groups in total. The van der Waals surface area contributed by atoms with Crippen molar-refractivity contribution >= 4 is 5.91 Å². The minimum atomic E-state index is 0.149. The van der Waals surface area contributed by atoms with Crippen LogP contribution in [0.5, 0.6) is 0 Å². The van der Waals surface area contributed by atoms with Gasteiger partial charge in [-0.1, -0.05) is 32.0 Å². The van der Waals surface area contributed by atoms with Crippen molar-refractivity contribution in [2.45, 2.75) is 70.9 Å². The number of carbonyl (C=O) groups is 1. The van der Waals surface area contributed by atoms with Crippen LogP contribution in [0.2, 0.25) is 0 Å². The highest BCUT2D eigenvalue weighted by atomic mass is 16.1. The van der Waals surface area contributed by atoms with E-state index in [4.69, 9.17) is 0 Å². The molecule has 3 rings (SSSR count). The van der Waals surface area contributed by atoms with Gasteiger partial charge >= 0.3 is 0 Å². The van der Waals surface area contributed by atoms with Crippen LogP contribution >= 0.6 is 0 Å². The molecule has 0 bridgehead atoms. The number of carbonyl (C=O) groups excluding carboxylic acids is 1. The van der Waals surface area contributed by atoms with Crippen LogP contribution in [0.25, 0.3) is 0 Å². The maximum absolute atomic E-state index is 13.0. The first-order valence-electron chi connectivity index (χ1n) is 9.40. The second kappa shape index (κ2) is 7.48. The normalized spacial score (nSPS) is 25.0. The van der Waals surface area contributed by atoms with Crippen LogP contribution in [-0.2, 0) is 12.8 Å². The van der Waals surface area contributed by atoms with Gasteiger partial charge in [-0.05, 0) is 69.2 Å². The van der Waals surface area contributed by atoms with Crippen LogP contribution in [0.3, 0.4) is 0 Å². The second-order valence-electron chi connectivity index (χ2n) is 6.98. The van der Waals surface area contributed by atoms with Gasteiger partial charge in [0.05, 0.1) is 0 Å². The average Bonchev–Trinajstić information content (AvgIpc) is 3.24. The molecule has 1 saturated carbocycles. The van der Waals surface area contributed by atoms with Crippen molar-refractivity contribution in [2.24, 2.45) is 0 Å². The maximum atomic E-state index is 13.0. The molecule has 2 atom stereocenters. The first-order chi connectivity index (χ1) is 11.2. The number of nitrogens with one attached hydrogen (secondary N) is 1. The highest BCUT2D eigenvalue weighted by Crippen LogP contribution is 2.28. The lowest BCUT2D eigenvalue weighted by Crippen LogP contribution is -2.48. The van der Waals surface area contributed by atoms with Crippen molar-refractivity contribution in [3.8, 4) is 0 Å². The summed E-state index contributed by atoms with van der Waals surface area (Å²) in [7, 11) is 0. The molecular weight excluding hydrogens is 284 g/mol. The average molecular weight is 314 g/mol. The molecule has 1 aromatic carbocycles. The van der Waals surface area contributed by atoms with E-state index in [1.807, 2.05) is 0 Å². The molecule has 0 spiro atoms. The van der Waals surface area contributed by atoms with Crippen molar-refractivity contribution in [3.05, 3.63) is 34.9 Å². The van der Waals surface area contributed by atoms with Crippen molar-refractivity contribution in [3.63, 3.8) is 0 Å². The highest BCUT2D eigenvalue weighted by Gasteiger charge is 2.34. The summed E-state index contributed by atoms with van der Waals surface area (Å²) in [6, 6.07) is 7.16. The summed E-state index contributed by atoms with van der Waals surface area (Å²) in [5.41, 5.74) is 3.29. The van der Waals surface area contributed by atoms with Crippen LogP contribution in [0.1, 0.15) is 67.4 Å². The Kier molecular flexibility index (Phi) is 5.37. The lowest BCUT2D eigenvalue weighted by atomic mass is 9.96. The van der Waals surface area contributed by atoms with Gasteiger partial charge in [0.15, 0.2) is 0 Å². The van der Waals surface area contributed by atoms with Crippen LogP contribution in [0.15, 0.2) is 18.2 Å². The molecule has 1 saturated heterocycles. The van der Waals surface area contributed by atoms with Gasteiger partial charge in [-0.3, -0.25) is 9.69 Å². The molecule has 0 radical (unpaired) electrons. The Hall–Kier alpha value is -1.35. The van der Waals surface area contributed by atoms with E-state index < -0.39 is 0 Å². The van der Waals surface area contributed by atoms with Crippen molar-refractivity contribution in [2.75, 3.05) is 13.1 Å². The van der Waals surface area contributed by atoms with Crippen LogP contribution < -0.4 is 5.32 Å². The van der Waals surface area contributed by atoms with Crippen molar-refractivity contribution in [1.82, 2.24) is 10.2 Å². The van der Waals surface area contributed by atoms with E-state index in [9.17, 15) is 4.79 Å². The lowest BCUT2D eigenvalue weighted by Gasteiger charge is -2.30. The summed E-state index contributed by atoms with van der Waals surface area (Å²) in [5.74, 6) is 0.149. The van der Waals surface area contributed by atoms with Crippen LogP contribution in [-0.4, -0.2) is 36.0 Å². The highest BCUT2D eigenvalue weighted by molar-refractivity contribution is 5.97. The standard InChI is InChI=1S/C20H30N2O/c1-3-15-9-7-10-16(4-2)19(15)20(23)21-17-11-8-12-18(17)22-13-5-6-14-22/h7,9-10,17-18H,3-6,8,11-14H2,1-2H3,(H,21,23)/t17-,18+/m1/s1. The van der Waals surface area contributed by atoms with Gasteiger partial charge in [-0.25, -0.2) is 0 Å². The molecule has 3 nitrogen and oxygen atoms in total. The molecule has 2 aliphatic rings. The first-order valence-corrected chi connectivity index (χ1v) is 9.40. The summed E-state index contributed by atoms with van der Waals surface area (Å²) < 4.78 is 0. The number of amides is 1. The predicted octanol–water partition coefficient (Wildman–Crippen LogP) is 3.56. The molecule has 0 aromatic heterocycles. The molecular formula is C20H30N2O. The Morgan fingerprint density at radius 1 is 1.09 bits per heavy atom. The van der Waals surface area contributed by atoms with Gasteiger partial charge in [0.25, 0.3) is 5.91 Å². The molecule has 0 unspecified atom stereocenters. The van der Waals surface area contributed by atoms with Crippen molar-refractivity contribution < 1.29 is 4.79 Å². The van der Waals surface area contributed by atoms with Gasteiger partial charge in [-0.15, -0.1) is 0 Å². The number of nitrogens with zero attached hydrogens (tertiary/aromatic N) is 1. The molecule has 1 aliphatic carbocycles. The fraction of sp³-hybridized carbons (Fsp3) is 0.650. The Bertz CT molecular complexity index is 526. The minimum Gasteiger partial charge on any atom is -0.348 e. The second-order valence-corrected chi connectivity index (χ2v) is 6.98. The topological polar surface area (TPSA) is 32.3 Å². The minimum absolute atomic E-state index is 0.149. The SMILES string of the molecule is CCc1cccc(CC)c1C(=O)N[C@@H]1CCC[C@@H]1N1CCCC1. The van der Waals surface area contributed by atoms with E-state index in [0.29, 0.717) is 12.1 Å². The summed E-state index contributed by atoms with van der Waals surface area (Å²) in [6.45, 7) is 6.69. The van der Waals surface area contributed by atoms with E-state index in [2.05, 4.69) is 42.3 Å². The third-order valence-electron chi connectivity index (χ3n) is 5.63. The van der Waals surface area contributed by atoms with Gasteiger partial charge in [-0.2, -0.15) is 0 Å². The maximum Gasteiger partial charge on any atom is 0.252 e. The molecule has 1 amide bonds. The number of hydrogen-bond donors (Lipinski definition) is 1. The van der Waals surface area contributed by atoms with Gasteiger partial charge in [0.2, 0.25) is 0 Å². The van der Waals surface area contributed by atoms with Crippen LogP contribution in [0.4, 0.5) is 0 Å². The fourth-order valence-electron chi connectivity index (χ4n) is 4.39. The summed E-state index contributed by atoms with van der Waals surface area (Å²) in [5, 5.41) is 3.39. The number of likely N-dealkylation sites (tertiary alicyclic amines) is 1. The number of aryl methyl sites for hydroxylation is 2. The number of rotatable bonds is 5. The summed E-state index contributed by atoms with van der Waals surface area (Å²) >= 11 is 0. The molecule has 1 heterocycles.